The first-order chi connectivity index (χ1) is 11.0. The summed E-state index contributed by atoms with van der Waals surface area (Å²) in [6, 6.07) is 1.97. The third-order valence-electron chi connectivity index (χ3n) is 5.22. The molecule has 0 unspecified atom stereocenters. The molecule has 0 radical (unpaired) electrons. The Kier molecular flexibility index (Phi) is 4.47. The van der Waals surface area contributed by atoms with E-state index in [0.717, 1.165) is 25.8 Å². The first-order valence-electron chi connectivity index (χ1n) is 8.25. The summed E-state index contributed by atoms with van der Waals surface area (Å²) >= 11 is 1.62. The third kappa shape index (κ3) is 2.90. The largest absolute Gasteiger partial charge is 0.481 e. The Morgan fingerprint density at radius 3 is 2.91 bits per heavy atom. The lowest BCUT2D eigenvalue weighted by Gasteiger charge is -2.39. The molecule has 6 heteroatoms. The molecule has 1 aromatic rings. The van der Waals surface area contributed by atoms with Crippen molar-refractivity contribution in [3.63, 3.8) is 0 Å². The van der Waals surface area contributed by atoms with Gasteiger partial charge in [0, 0.05) is 29.9 Å². The van der Waals surface area contributed by atoms with Crippen molar-refractivity contribution in [3.8, 4) is 0 Å². The summed E-state index contributed by atoms with van der Waals surface area (Å²) in [5.41, 5.74) is -0.0868. The Morgan fingerprint density at radius 1 is 1.43 bits per heavy atom. The zero-order chi connectivity index (χ0) is 16.6. The van der Waals surface area contributed by atoms with Crippen molar-refractivity contribution in [1.82, 2.24) is 9.80 Å². The van der Waals surface area contributed by atoms with Gasteiger partial charge in [-0.15, -0.1) is 11.3 Å². The molecule has 3 rings (SSSR count). The highest BCUT2D eigenvalue weighted by atomic mass is 32.1. The predicted octanol–water partition coefficient (Wildman–Crippen LogP) is 2.18. The summed E-state index contributed by atoms with van der Waals surface area (Å²) in [4.78, 5) is 29.8. The lowest BCUT2D eigenvalue weighted by molar-refractivity contribution is -0.153. The van der Waals surface area contributed by atoms with Crippen LogP contribution in [-0.4, -0.2) is 60.0 Å². The van der Waals surface area contributed by atoms with Gasteiger partial charge in [-0.1, -0.05) is 13.3 Å². The van der Waals surface area contributed by atoms with Crippen LogP contribution < -0.4 is 0 Å². The van der Waals surface area contributed by atoms with Gasteiger partial charge in [-0.3, -0.25) is 9.59 Å². The van der Waals surface area contributed by atoms with Crippen molar-refractivity contribution in [2.24, 2.45) is 11.3 Å². The van der Waals surface area contributed by atoms with Gasteiger partial charge in [0.2, 0.25) is 0 Å². The van der Waals surface area contributed by atoms with E-state index in [1.807, 2.05) is 18.5 Å². The number of fused-ring (bicyclic) bond motifs is 1. The van der Waals surface area contributed by atoms with Gasteiger partial charge in [0.1, 0.15) is 5.41 Å². The summed E-state index contributed by atoms with van der Waals surface area (Å²) in [7, 11) is 1.96. The predicted molar refractivity (Wildman–Crippen MR) is 89.9 cm³/mol. The molecule has 1 N–H and O–H groups in total. The van der Waals surface area contributed by atoms with Crippen LogP contribution in [0.3, 0.4) is 0 Å². The average Bonchev–Trinajstić information content (AvgIpc) is 3.11. The number of aryl methyl sites for hydroxylation is 1. The number of amides is 1. The number of hydrogen-bond donors (Lipinski definition) is 1. The molecule has 2 saturated heterocycles. The fourth-order valence-corrected chi connectivity index (χ4v) is 4.94. The maximum Gasteiger partial charge on any atom is 0.313 e. The lowest BCUT2D eigenvalue weighted by atomic mass is 9.73. The number of carbonyl (C=O) groups is 2. The number of piperidine rings is 1. The normalized spacial score (nSPS) is 27.9. The van der Waals surface area contributed by atoms with Crippen molar-refractivity contribution in [1.29, 1.82) is 0 Å². The van der Waals surface area contributed by atoms with Gasteiger partial charge in [0.05, 0.1) is 5.56 Å². The van der Waals surface area contributed by atoms with E-state index in [2.05, 4.69) is 11.8 Å². The first-order valence-corrected chi connectivity index (χ1v) is 9.13. The Bertz CT molecular complexity index is 615. The van der Waals surface area contributed by atoms with Crippen LogP contribution in [0.2, 0.25) is 0 Å². The van der Waals surface area contributed by atoms with E-state index in [-0.39, 0.29) is 11.8 Å². The van der Waals surface area contributed by atoms with Gasteiger partial charge in [-0.05, 0) is 38.4 Å². The minimum Gasteiger partial charge on any atom is -0.481 e. The number of carbonyl (C=O) groups excluding carboxylic acids is 1. The van der Waals surface area contributed by atoms with Gasteiger partial charge in [0.25, 0.3) is 5.91 Å². The Balaban J connectivity index is 1.79. The first kappa shape index (κ1) is 16.5. The van der Waals surface area contributed by atoms with Crippen LogP contribution in [0.15, 0.2) is 11.4 Å². The van der Waals surface area contributed by atoms with Crippen LogP contribution >= 0.6 is 11.3 Å². The topological polar surface area (TPSA) is 60.9 Å². The number of carboxylic acids is 1. The van der Waals surface area contributed by atoms with Crippen LogP contribution in [0.1, 0.15) is 35.0 Å². The highest BCUT2D eigenvalue weighted by molar-refractivity contribution is 7.10. The van der Waals surface area contributed by atoms with Crippen molar-refractivity contribution in [2.45, 2.75) is 26.2 Å². The molecule has 2 aliphatic rings. The van der Waals surface area contributed by atoms with Gasteiger partial charge in [-0.2, -0.15) is 0 Å². The van der Waals surface area contributed by atoms with Crippen molar-refractivity contribution in [2.75, 3.05) is 33.2 Å². The van der Waals surface area contributed by atoms with E-state index in [4.69, 9.17) is 0 Å². The fourth-order valence-electron chi connectivity index (χ4n) is 3.98. The molecule has 5 nitrogen and oxygen atoms in total. The second-order valence-electron chi connectivity index (χ2n) is 6.92. The van der Waals surface area contributed by atoms with Gasteiger partial charge >= 0.3 is 5.97 Å². The monoisotopic (exact) mass is 336 g/mol. The molecule has 23 heavy (non-hydrogen) atoms. The maximum absolute atomic E-state index is 12.8. The third-order valence-corrected chi connectivity index (χ3v) is 6.21. The number of aliphatic carboxylic acids is 1. The van der Waals surface area contributed by atoms with Crippen LogP contribution in [0.25, 0.3) is 0 Å². The molecule has 1 aromatic heterocycles. The molecule has 0 spiro atoms. The summed E-state index contributed by atoms with van der Waals surface area (Å²) < 4.78 is 0. The number of likely N-dealkylation sites (tertiary alicyclic amines) is 2. The molecular weight excluding hydrogens is 312 g/mol. The summed E-state index contributed by atoms with van der Waals surface area (Å²) in [6.07, 6.45) is 2.90. The zero-order valence-electron chi connectivity index (χ0n) is 13.7. The minimum absolute atomic E-state index is 0.0127. The summed E-state index contributed by atoms with van der Waals surface area (Å²) in [5, 5.41) is 11.7. The highest BCUT2D eigenvalue weighted by Gasteiger charge is 2.55. The maximum atomic E-state index is 12.8. The number of rotatable bonds is 4. The van der Waals surface area contributed by atoms with Crippen LogP contribution in [0.5, 0.6) is 0 Å². The van der Waals surface area contributed by atoms with E-state index in [0.29, 0.717) is 25.2 Å². The molecule has 0 aromatic carbocycles. The fraction of sp³-hybridized carbons (Fsp3) is 0.647. The minimum atomic E-state index is -0.801. The molecule has 1 amide bonds. The lowest BCUT2D eigenvalue weighted by Crippen LogP contribution is -2.52. The smallest absolute Gasteiger partial charge is 0.313 e. The highest BCUT2D eigenvalue weighted by Crippen LogP contribution is 2.42. The van der Waals surface area contributed by atoms with Crippen LogP contribution in [0.4, 0.5) is 0 Å². The SMILES string of the molecule is CCCc1cc(C(=O)N2C[C@@H]3CCN(C)C[C@]3(C(=O)O)C2)cs1. The molecule has 3 heterocycles. The quantitative estimate of drug-likeness (QED) is 0.915. The molecule has 2 aliphatic heterocycles. The molecule has 2 fully saturated rings. The van der Waals surface area contributed by atoms with E-state index >= 15 is 0 Å². The number of carboxylic acid groups (broad SMARTS) is 1. The second-order valence-corrected chi connectivity index (χ2v) is 7.92. The summed E-state index contributed by atoms with van der Waals surface area (Å²) in [6.45, 7) is 4.45. The molecule has 0 saturated carbocycles. The molecule has 2 atom stereocenters. The molecule has 126 valence electrons. The van der Waals surface area contributed by atoms with Crippen molar-refractivity contribution in [3.05, 3.63) is 21.9 Å². The summed E-state index contributed by atoms with van der Waals surface area (Å²) in [5.74, 6) is -0.712. The number of hydrogen-bond acceptors (Lipinski definition) is 4. The molecular formula is C17H24N2O3S. The van der Waals surface area contributed by atoms with E-state index < -0.39 is 11.4 Å². The van der Waals surface area contributed by atoms with Gasteiger partial charge in [-0.25, -0.2) is 0 Å². The van der Waals surface area contributed by atoms with Gasteiger partial charge in [0.15, 0.2) is 0 Å². The average molecular weight is 336 g/mol. The zero-order valence-corrected chi connectivity index (χ0v) is 14.6. The van der Waals surface area contributed by atoms with E-state index in [1.165, 1.54) is 4.88 Å². The van der Waals surface area contributed by atoms with Crippen molar-refractivity contribution >= 4 is 23.2 Å². The van der Waals surface area contributed by atoms with Crippen molar-refractivity contribution < 1.29 is 14.7 Å². The Morgan fingerprint density at radius 2 is 2.22 bits per heavy atom. The molecule has 0 bridgehead atoms. The van der Waals surface area contributed by atoms with Crippen LogP contribution in [-0.2, 0) is 11.2 Å². The van der Waals surface area contributed by atoms with Gasteiger partial charge < -0.3 is 14.9 Å². The second kappa shape index (κ2) is 6.24. The number of thiophene rings is 1. The van der Waals surface area contributed by atoms with E-state index in [1.54, 1.807) is 16.2 Å². The number of nitrogens with zero attached hydrogens (tertiary/aromatic N) is 2. The Labute approximate surface area is 140 Å². The Hall–Kier alpha value is -1.40. The standard InChI is InChI=1S/C17H24N2O3S/c1-3-4-14-7-12(9-23-14)15(20)19-8-13-5-6-18(2)10-17(13,11-19)16(21)22/h7,9,13H,3-6,8,10-11H2,1-2H3,(H,21,22)/t13-,17-/m0/s1. The molecule has 0 aliphatic carbocycles. The van der Waals surface area contributed by atoms with E-state index in [9.17, 15) is 14.7 Å². The van der Waals surface area contributed by atoms with Crippen LogP contribution in [0, 0.1) is 11.3 Å².